The topological polar surface area (TPSA) is 80.0 Å². The van der Waals surface area contributed by atoms with E-state index in [1.807, 2.05) is 6.07 Å². The zero-order valence-corrected chi connectivity index (χ0v) is 8.79. The first-order chi connectivity index (χ1) is 7.27. The number of pyridine rings is 1. The highest BCUT2D eigenvalue weighted by Crippen LogP contribution is 2.07. The number of amides is 1. The molecule has 1 aromatic rings. The summed E-state index contributed by atoms with van der Waals surface area (Å²) in [5.41, 5.74) is 6.67. The minimum Gasteiger partial charge on any atom is -0.385 e. The van der Waals surface area contributed by atoms with Gasteiger partial charge in [-0.1, -0.05) is 0 Å². The Morgan fingerprint density at radius 3 is 3.07 bits per heavy atom. The number of nitrogens with zero attached hydrogens (tertiary/aromatic N) is 1. The van der Waals surface area contributed by atoms with Crippen LogP contribution in [0, 0.1) is 0 Å². The largest absolute Gasteiger partial charge is 0.385 e. The van der Waals surface area contributed by atoms with E-state index in [-0.39, 0.29) is 5.91 Å². The number of carbonyl (C=O) groups is 1. The SMILES string of the molecule is CNC(=O)c1cc(NCCCN)ccn1. The number of anilines is 1. The standard InChI is InChI=1S/C10H16N4O/c1-12-10(15)9-7-8(3-6-14-9)13-5-2-4-11/h3,6-7H,2,4-5,11H2,1H3,(H,12,15)(H,13,14). The summed E-state index contributed by atoms with van der Waals surface area (Å²) in [6, 6.07) is 3.54. The molecule has 0 bridgehead atoms. The molecule has 5 heteroatoms. The number of aromatic nitrogens is 1. The maximum atomic E-state index is 11.3. The summed E-state index contributed by atoms with van der Waals surface area (Å²) in [6.07, 6.45) is 2.51. The fourth-order valence-electron chi connectivity index (χ4n) is 1.13. The van der Waals surface area contributed by atoms with Gasteiger partial charge in [-0.15, -0.1) is 0 Å². The smallest absolute Gasteiger partial charge is 0.269 e. The maximum absolute atomic E-state index is 11.3. The van der Waals surface area contributed by atoms with Crippen LogP contribution in [-0.4, -0.2) is 31.0 Å². The van der Waals surface area contributed by atoms with Crippen LogP contribution in [0.1, 0.15) is 16.9 Å². The van der Waals surface area contributed by atoms with Crippen molar-refractivity contribution in [1.82, 2.24) is 10.3 Å². The lowest BCUT2D eigenvalue weighted by molar-refractivity contribution is 0.0958. The van der Waals surface area contributed by atoms with E-state index in [4.69, 9.17) is 5.73 Å². The van der Waals surface area contributed by atoms with Gasteiger partial charge in [0.1, 0.15) is 5.69 Å². The molecule has 0 unspecified atom stereocenters. The van der Waals surface area contributed by atoms with Gasteiger partial charge in [0.2, 0.25) is 0 Å². The van der Waals surface area contributed by atoms with Crippen LogP contribution in [0.3, 0.4) is 0 Å². The number of hydrogen-bond acceptors (Lipinski definition) is 4. The first-order valence-corrected chi connectivity index (χ1v) is 4.90. The van der Waals surface area contributed by atoms with E-state index in [9.17, 15) is 4.79 Å². The highest BCUT2D eigenvalue weighted by atomic mass is 16.1. The lowest BCUT2D eigenvalue weighted by atomic mass is 10.3. The first kappa shape index (κ1) is 11.5. The van der Waals surface area contributed by atoms with Crippen molar-refractivity contribution in [2.75, 3.05) is 25.5 Å². The molecule has 1 amide bonds. The van der Waals surface area contributed by atoms with Crippen LogP contribution in [0.4, 0.5) is 5.69 Å². The molecule has 15 heavy (non-hydrogen) atoms. The van der Waals surface area contributed by atoms with Crippen molar-refractivity contribution in [3.63, 3.8) is 0 Å². The second-order valence-corrected chi connectivity index (χ2v) is 3.08. The van der Waals surface area contributed by atoms with Gasteiger partial charge >= 0.3 is 0 Å². The molecule has 0 aromatic carbocycles. The molecule has 82 valence electrons. The fraction of sp³-hybridized carbons (Fsp3) is 0.400. The van der Waals surface area contributed by atoms with Gasteiger partial charge in [0.15, 0.2) is 0 Å². The number of rotatable bonds is 5. The van der Waals surface area contributed by atoms with E-state index in [0.717, 1.165) is 18.7 Å². The van der Waals surface area contributed by atoms with E-state index >= 15 is 0 Å². The molecule has 0 radical (unpaired) electrons. The molecule has 1 heterocycles. The summed E-state index contributed by atoms with van der Waals surface area (Å²) in [4.78, 5) is 15.2. The van der Waals surface area contributed by atoms with Crippen molar-refractivity contribution >= 4 is 11.6 Å². The predicted octanol–water partition coefficient (Wildman–Crippen LogP) is 0.202. The lowest BCUT2D eigenvalue weighted by Gasteiger charge is -2.06. The van der Waals surface area contributed by atoms with Crippen LogP contribution in [0.2, 0.25) is 0 Å². The number of nitrogens with one attached hydrogen (secondary N) is 2. The Bertz CT molecular complexity index is 327. The molecule has 0 saturated heterocycles. The molecule has 0 saturated carbocycles. The van der Waals surface area contributed by atoms with E-state index in [1.165, 1.54) is 0 Å². The van der Waals surface area contributed by atoms with Crippen LogP contribution in [0.15, 0.2) is 18.3 Å². The first-order valence-electron chi connectivity index (χ1n) is 4.90. The van der Waals surface area contributed by atoms with Crippen LogP contribution < -0.4 is 16.4 Å². The maximum Gasteiger partial charge on any atom is 0.269 e. The molecule has 4 N–H and O–H groups in total. The predicted molar refractivity (Wildman–Crippen MR) is 59.8 cm³/mol. The van der Waals surface area contributed by atoms with E-state index in [0.29, 0.717) is 12.2 Å². The third-order valence-electron chi connectivity index (χ3n) is 1.93. The van der Waals surface area contributed by atoms with Crippen molar-refractivity contribution in [1.29, 1.82) is 0 Å². The molecule has 5 nitrogen and oxygen atoms in total. The van der Waals surface area contributed by atoms with Gasteiger partial charge in [0, 0.05) is 25.5 Å². The molecule has 0 aliphatic carbocycles. The Kier molecular flexibility index (Phi) is 4.56. The van der Waals surface area contributed by atoms with E-state index in [2.05, 4.69) is 15.6 Å². The average molecular weight is 208 g/mol. The van der Waals surface area contributed by atoms with Gasteiger partial charge in [0.25, 0.3) is 5.91 Å². The lowest BCUT2D eigenvalue weighted by Crippen LogP contribution is -2.19. The van der Waals surface area contributed by atoms with Gasteiger partial charge in [0.05, 0.1) is 0 Å². The zero-order chi connectivity index (χ0) is 11.1. The van der Waals surface area contributed by atoms with Gasteiger partial charge in [-0.25, -0.2) is 0 Å². The monoisotopic (exact) mass is 208 g/mol. The summed E-state index contributed by atoms with van der Waals surface area (Å²) in [5, 5.41) is 5.69. The number of nitrogens with two attached hydrogens (primary N) is 1. The van der Waals surface area contributed by atoms with Gasteiger partial charge in [-0.3, -0.25) is 9.78 Å². The second kappa shape index (κ2) is 5.98. The Balaban J connectivity index is 2.62. The summed E-state index contributed by atoms with van der Waals surface area (Å²) in [5.74, 6) is -0.183. The summed E-state index contributed by atoms with van der Waals surface area (Å²) in [7, 11) is 1.58. The van der Waals surface area contributed by atoms with E-state index in [1.54, 1.807) is 19.3 Å². The van der Waals surface area contributed by atoms with Gasteiger partial charge in [-0.2, -0.15) is 0 Å². The minimum absolute atomic E-state index is 0.183. The van der Waals surface area contributed by atoms with Crippen molar-refractivity contribution in [3.8, 4) is 0 Å². The molecule has 0 spiro atoms. The second-order valence-electron chi connectivity index (χ2n) is 3.08. The Labute approximate surface area is 89.1 Å². The molecule has 1 aromatic heterocycles. The van der Waals surface area contributed by atoms with Crippen molar-refractivity contribution in [2.45, 2.75) is 6.42 Å². The average Bonchev–Trinajstić information content (AvgIpc) is 2.29. The third-order valence-corrected chi connectivity index (χ3v) is 1.93. The zero-order valence-electron chi connectivity index (χ0n) is 8.79. The summed E-state index contributed by atoms with van der Waals surface area (Å²) >= 11 is 0. The molecule has 0 fully saturated rings. The Hall–Kier alpha value is -1.62. The van der Waals surface area contributed by atoms with Gasteiger partial charge < -0.3 is 16.4 Å². The van der Waals surface area contributed by atoms with Crippen molar-refractivity contribution in [2.24, 2.45) is 5.73 Å². The third kappa shape index (κ3) is 3.55. The van der Waals surface area contributed by atoms with Crippen LogP contribution in [-0.2, 0) is 0 Å². The molecule has 0 aliphatic heterocycles. The molecule has 1 rings (SSSR count). The highest BCUT2D eigenvalue weighted by Gasteiger charge is 2.04. The Morgan fingerprint density at radius 2 is 2.40 bits per heavy atom. The van der Waals surface area contributed by atoms with E-state index < -0.39 is 0 Å². The molecule has 0 aliphatic rings. The van der Waals surface area contributed by atoms with Crippen LogP contribution >= 0.6 is 0 Å². The quantitative estimate of drug-likeness (QED) is 0.604. The van der Waals surface area contributed by atoms with Gasteiger partial charge in [-0.05, 0) is 25.1 Å². The van der Waals surface area contributed by atoms with Crippen LogP contribution in [0.25, 0.3) is 0 Å². The summed E-state index contributed by atoms with van der Waals surface area (Å²) in [6.45, 7) is 1.45. The molecular weight excluding hydrogens is 192 g/mol. The number of carbonyl (C=O) groups excluding carboxylic acids is 1. The fourth-order valence-corrected chi connectivity index (χ4v) is 1.13. The number of hydrogen-bond donors (Lipinski definition) is 3. The van der Waals surface area contributed by atoms with Crippen molar-refractivity contribution in [3.05, 3.63) is 24.0 Å². The normalized spacial score (nSPS) is 9.73. The minimum atomic E-state index is -0.183. The Morgan fingerprint density at radius 1 is 1.60 bits per heavy atom. The summed E-state index contributed by atoms with van der Waals surface area (Å²) < 4.78 is 0. The highest BCUT2D eigenvalue weighted by molar-refractivity contribution is 5.92. The molecular formula is C10H16N4O. The van der Waals surface area contributed by atoms with Crippen molar-refractivity contribution < 1.29 is 4.79 Å². The van der Waals surface area contributed by atoms with Crippen LogP contribution in [0.5, 0.6) is 0 Å². The molecule has 0 atom stereocenters.